The molecule has 0 spiro atoms. The van der Waals surface area contributed by atoms with Crippen molar-refractivity contribution in [3.05, 3.63) is 34.3 Å². The van der Waals surface area contributed by atoms with Crippen LogP contribution < -0.4 is 5.73 Å². The second-order valence-electron chi connectivity index (χ2n) is 4.70. The van der Waals surface area contributed by atoms with Crippen molar-refractivity contribution in [3.8, 4) is 0 Å². The summed E-state index contributed by atoms with van der Waals surface area (Å²) in [5, 5.41) is 0. The largest absolute Gasteiger partial charge is 0.393 e. The first-order valence-corrected chi connectivity index (χ1v) is 7.42. The van der Waals surface area contributed by atoms with E-state index in [9.17, 15) is 4.79 Å². The van der Waals surface area contributed by atoms with Crippen molar-refractivity contribution in [1.29, 1.82) is 0 Å². The average molecular weight is 343 g/mol. The number of carbonyl (C=O) groups is 1. The van der Waals surface area contributed by atoms with Crippen LogP contribution in [0.2, 0.25) is 0 Å². The molecule has 0 aliphatic rings. The van der Waals surface area contributed by atoms with Crippen LogP contribution in [0.5, 0.6) is 0 Å². The van der Waals surface area contributed by atoms with Crippen molar-refractivity contribution in [1.82, 2.24) is 4.90 Å². The molecule has 0 atom stereocenters. The predicted octanol–water partition coefficient (Wildman–Crippen LogP) is 2.90. The Labute approximate surface area is 128 Å². The molecule has 5 heteroatoms. The third kappa shape index (κ3) is 5.70. The lowest BCUT2D eigenvalue weighted by Crippen LogP contribution is -2.39. The lowest BCUT2D eigenvalue weighted by atomic mass is 10.1. The van der Waals surface area contributed by atoms with Crippen molar-refractivity contribution in [3.63, 3.8) is 0 Å². The third-order valence-corrected chi connectivity index (χ3v) is 3.54. The van der Waals surface area contributed by atoms with Crippen LogP contribution in [-0.4, -0.2) is 28.4 Å². The third-order valence-electron chi connectivity index (χ3n) is 2.81. The zero-order chi connectivity index (χ0) is 14.4. The molecule has 1 aromatic rings. The molecular weight excluding hydrogens is 324 g/mol. The van der Waals surface area contributed by atoms with E-state index < -0.39 is 0 Å². The zero-order valence-electron chi connectivity index (χ0n) is 11.2. The fourth-order valence-corrected chi connectivity index (χ4v) is 2.14. The first-order valence-electron chi connectivity index (χ1n) is 6.22. The van der Waals surface area contributed by atoms with Gasteiger partial charge in [-0.05, 0) is 31.5 Å². The van der Waals surface area contributed by atoms with Crippen molar-refractivity contribution in [2.24, 2.45) is 5.73 Å². The summed E-state index contributed by atoms with van der Waals surface area (Å²) >= 11 is 8.25. The highest BCUT2D eigenvalue weighted by Crippen LogP contribution is 2.12. The van der Waals surface area contributed by atoms with Gasteiger partial charge in [0.05, 0.1) is 11.4 Å². The maximum Gasteiger partial charge on any atom is 0.227 e. The smallest absolute Gasteiger partial charge is 0.227 e. The Morgan fingerprint density at radius 1 is 1.37 bits per heavy atom. The van der Waals surface area contributed by atoms with Gasteiger partial charge in [0.15, 0.2) is 0 Å². The van der Waals surface area contributed by atoms with E-state index in [1.807, 2.05) is 43.0 Å². The summed E-state index contributed by atoms with van der Waals surface area (Å²) in [7, 11) is 0. The van der Waals surface area contributed by atoms with Crippen LogP contribution in [-0.2, 0) is 11.2 Å². The minimum absolute atomic E-state index is 0.105. The van der Waals surface area contributed by atoms with E-state index in [0.29, 0.717) is 24.4 Å². The van der Waals surface area contributed by atoms with E-state index in [1.54, 1.807) is 0 Å². The van der Waals surface area contributed by atoms with Gasteiger partial charge >= 0.3 is 0 Å². The molecule has 0 aromatic heterocycles. The highest BCUT2D eigenvalue weighted by Gasteiger charge is 2.17. The van der Waals surface area contributed by atoms with E-state index in [4.69, 9.17) is 18.0 Å². The monoisotopic (exact) mass is 342 g/mol. The van der Waals surface area contributed by atoms with Crippen molar-refractivity contribution in [2.45, 2.75) is 32.7 Å². The summed E-state index contributed by atoms with van der Waals surface area (Å²) in [6, 6.07) is 7.94. The Balaban J connectivity index is 2.66. The second-order valence-corrected chi connectivity index (χ2v) is 6.14. The number of thiocarbonyl (C=S) groups is 1. The normalized spacial score (nSPS) is 10.5. The molecule has 0 unspecified atom stereocenters. The molecule has 1 amide bonds. The SMILES string of the molecule is CC(C)N(CCC(N)=S)C(=O)Cc1ccc(Br)cc1. The summed E-state index contributed by atoms with van der Waals surface area (Å²) in [6.07, 6.45) is 0.975. The highest BCUT2D eigenvalue weighted by molar-refractivity contribution is 9.10. The van der Waals surface area contributed by atoms with E-state index in [-0.39, 0.29) is 11.9 Å². The van der Waals surface area contributed by atoms with Crippen LogP contribution in [0.4, 0.5) is 0 Å². The van der Waals surface area contributed by atoms with Crippen molar-refractivity contribution >= 4 is 39.0 Å². The number of nitrogens with two attached hydrogens (primary N) is 1. The molecule has 0 heterocycles. The maximum atomic E-state index is 12.3. The van der Waals surface area contributed by atoms with E-state index >= 15 is 0 Å². The standard InChI is InChI=1S/C14H19BrN2OS/c1-10(2)17(8-7-13(16)19)14(18)9-11-3-5-12(15)6-4-11/h3-6,10H,7-9H2,1-2H3,(H2,16,19). The number of halogens is 1. The predicted molar refractivity (Wildman–Crippen MR) is 86.1 cm³/mol. The van der Waals surface area contributed by atoms with Gasteiger partial charge in [0.1, 0.15) is 0 Å². The van der Waals surface area contributed by atoms with Crippen LogP contribution >= 0.6 is 28.1 Å². The van der Waals surface area contributed by atoms with Gasteiger partial charge in [-0.1, -0.05) is 40.3 Å². The number of nitrogens with zero attached hydrogens (tertiary/aromatic N) is 1. The summed E-state index contributed by atoms with van der Waals surface area (Å²) in [5.74, 6) is 0.105. The number of hydrogen-bond acceptors (Lipinski definition) is 2. The van der Waals surface area contributed by atoms with Gasteiger partial charge in [0, 0.05) is 23.5 Å². The van der Waals surface area contributed by atoms with E-state index in [0.717, 1.165) is 10.0 Å². The molecule has 1 rings (SSSR count). The number of benzene rings is 1. The molecular formula is C14H19BrN2OS. The van der Waals surface area contributed by atoms with E-state index in [1.165, 1.54) is 0 Å². The Bertz CT molecular complexity index is 445. The van der Waals surface area contributed by atoms with Crippen LogP contribution in [0.1, 0.15) is 25.8 Å². The Morgan fingerprint density at radius 3 is 2.42 bits per heavy atom. The fourth-order valence-electron chi connectivity index (χ4n) is 1.78. The summed E-state index contributed by atoms with van der Waals surface area (Å²) in [6.45, 7) is 4.58. The lowest BCUT2D eigenvalue weighted by Gasteiger charge is -2.26. The molecule has 1 aromatic carbocycles. The molecule has 0 bridgehead atoms. The average Bonchev–Trinajstić information content (AvgIpc) is 2.31. The van der Waals surface area contributed by atoms with Crippen LogP contribution in [0, 0.1) is 0 Å². The van der Waals surface area contributed by atoms with E-state index in [2.05, 4.69) is 15.9 Å². The fraction of sp³-hybridized carbons (Fsp3) is 0.429. The van der Waals surface area contributed by atoms with Gasteiger partial charge in [-0.2, -0.15) is 0 Å². The maximum absolute atomic E-state index is 12.3. The molecule has 3 nitrogen and oxygen atoms in total. The topological polar surface area (TPSA) is 46.3 Å². The molecule has 0 radical (unpaired) electrons. The van der Waals surface area contributed by atoms with Crippen LogP contribution in [0.15, 0.2) is 28.7 Å². The molecule has 2 N–H and O–H groups in total. The molecule has 0 fully saturated rings. The number of rotatable bonds is 6. The number of hydrogen-bond donors (Lipinski definition) is 1. The molecule has 0 saturated heterocycles. The van der Waals surface area contributed by atoms with Gasteiger partial charge in [-0.3, -0.25) is 4.79 Å². The Kier molecular flexibility index (Phi) is 6.45. The molecule has 104 valence electrons. The second kappa shape index (κ2) is 7.60. The van der Waals surface area contributed by atoms with Gasteiger partial charge in [0.2, 0.25) is 5.91 Å². The molecule has 0 aliphatic heterocycles. The first-order chi connectivity index (χ1) is 8.90. The summed E-state index contributed by atoms with van der Waals surface area (Å²) < 4.78 is 1.01. The van der Waals surface area contributed by atoms with Crippen molar-refractivity contribution < 1.29 is 4.79 Å². The lowest BCUT2D eigenvalue weighted by molar-refractivity contribution is -0.132. The van der Waals surface area contributed by atoms with Gasteiger partial charge < -0.3 is 10.6 Å². The van der Waals surface area contributed by atoms with Crippen LogP contribution in [0.25, 0.3) is 0 Å². The molecule has 19 heavy (non-hydrogen) atoms. The molecule has 0 saturated carbocycles. The van der Waals surface area contributed by atoms with Gasteiger partial charge in [-0.25, -0.2) is 0 Å². The summed E-state index contributed by atoms with van der Waals surface area (Å²) in [5.41, 5.74) is 6.51. The number of amides is 1. The minimum atomic E-state index is 0.105. The quantitative estimate of drug-likeness (QED) is 0.808. The minimum Gasteiger partial charge on any atom is -0.393 e. The highest BCUT2D eigenvalue weighted by atomic mass is 79.9. The first kappa shape index (κ1) is 16.1. The zero-order valence-corrected chi connectivity index (χ0v) is 13.6. The van der Waals surface area contributed by atoms with Gasteiger partial charge in [-0.15, -0.1) is 0 Å². The molecule has 0 aliphatic carbocycles. The Hall–Kier alpha value is -0.940. The van der Waals surface area contributed by atoms with Crippen molar-refractivity contribution in [2.75, 3.05) is 6.54 Å². The number of carbonyl (C=O) groups excluding carboxylic acids is 1. The van der Waals surface area contributed by atoms with Crippen LogP contribution in [0.3, 0.4) is 0 Å². The Morgan fingerprint density at radius 2 is 1.95 bits per heavy atom. The summed E-state index contributed by atoms with van der Waals surface area (Å²) in [4.78, 5) is 14.5. The van der Waals surface area contributed by atoms with Gasteiger partial charge in [0.25, 0.3) is 0 Å².